The first-order valence-electron chi connectivity index (χ1n) is 6.48. The maximum Gasteiger partial charge on any atom is 0.129 e. The molecular weight excluding hydrogens is 295 g/mol. The van der Waals surface area contributed by atoms with Gasteiger partial charge in [0.1, 0.15) is 18.1 Å². The van der Waals surface area contributed by atoms with Crippen LogP contribution in [0.4, 0.5) is 0 Å². The van der Waals surface area contributed by atoms with Crippen LogP contribution in [0.15, 0.2) is 36.4 Å². The van der Waals surface area contributed by atoms with Gasteiger partial charge in [-0.1, -0.05) is 23.7 Å². The number of rotatable bonds is 4. The summed E-state index contributed by atoms with van der Waals surface area (Å²) in [6, 6.07) is 11.6. The Morgan fingerprint density at radius 2 is 2.10 bits per heavy atom. The molecule has 0 aliphatic carbocycles. The van der Waals surface area contributed by atoms with Crippen LogP contribution in [-0.4, -0.2) is 6.61 Å². The molecule has 0 atom stereocenters. The van der Waals surface area contributed by atoms with Crippen molar-refractivity contribution in [3.05, 3.63) is 58.1 Å². The second-order valence-electron chi connectivity index (χ2n) is 4.72. The van der Waals surface area contributed by atoms with E-state index in [2.05, 4.69) is 0 Å². The van der Waals surface area contributed by atoms with E-state index in [0.29, 0.717) is 19.1 Å². The van der Waals surface area contributed by atoms with E-state index in [1.54, 1.807) is 0 Å². The van der Waals surface area contributed by atoms with Gasteiger partial charge in [0.25, 0.3) is 0 Å². The number of alkyl halides is 1. The Balaban J connectivity index is 1.78. The first-order chi connectivity index (χ1) is 9.76. The summed E-state index contributed by atoms with van der Waals surface area (Å²) in [4.78, 5) is 0. The third-order valence-electron chi connectivity index (χ3n) is 3.27. The van der Waals surface area contributed by atoms with Gasteiger partial charge < -0.3 is 9.47 Å². The Kier molecular flexibility index (Phi) is 4.04. The van der Waals surface area contributed by atoms with E-state index in [-0.39, 0.29) is 0 Å². The van der Waals surface area contributed by atoms with E-state index in [1.165, 1.54) is 0 Å². The summed E-state index contributed by atoms with van der Waals surface area (Å²) < 4.78 is 11.5. The number of halogens is 2. The van der Waals surface area contributed by atoms with E-state index in [0.717, 1.165) is 39.6 Å². The highest BCUT2D eigenvalue weighted by Gasteiger charge is 2.17. The fourth-order valence-electron chi connectivity index (χ4n) is 2.33. The summed E-state index contributed by atoms with van der Waals surface area (Å²) in [5, 5.41) is 0.724. The average Bonchev–Trinajstić information content (AvgIpc) is 2.93. The first-order valence-corrected chi connectivity index (χ1v) is 7.39. The van der Waals surface area contributed by atoms with Crippen LogP contribution in [-0.2, 0) is 18.9 Å². The van der Waals surface area contributed by atoms with E-state index in [1.807, 2.05) is 36.4 Å². The summed E-state index contributed by atoms with van der Waals surface area (Å²) in [6.45, 7) is 1.15. The number of hydrogen-bond donors (Lipinski definition) is 0. The highest BCUT2D eigenvalue weighted by atomic mass is 35.5. The lowest BCUT2D eigenvalue weighted by Crippen LogP contribution is -1.99. The van der Waals surface area contributed by atoms with E-state index in [4.69, 9.17) is 32.7 Å². The highest BCUT2D eigenvalue weighted by molar-refractivity contribution is 6.30. The van der Waals surface area contributed by atoms with Crippen molar-refractivity contribution in [2.24, 2.45) is 0 Å². The smallest absolute Gasteiger partial charge is 0.129 e. The van der Waals surface area contributed by atoms with Gasteiger partial charge in [-0.2, -0.15) is 0 Å². The van der Waals surface area contributed by atoms with Crippen molar-refractivity contribution in [2.75, 3.05) is 6.61 Å². The molecule has 0 amide bonds. The fourth-order valence-corrected chi connectivity index (χ4v) is 2.76. The maximum absolute atomic E-state index is 6.13. The Labute approximate surface area is 128 Å². The molecular formula is C16H14Cl2O2. The van der Waals surface area contributed by atoms with Crippen LogP contribution < -0.4 is 9.47 Å². The van der Waals surface area contributed by atoms with Gasteiger partial charge in [-0.3, -0.25) is 0 Å². The Morgan fingerprint density at radius 3 is 2.95 bits per heavy atom. The number of hydrogen-bond acceptors (Lipinski definition) is 2. The van der Waals surface area contributed by atoms with Crippen molar-refractivity contribution in [1.82, 2.24) is 0 Å². The quantitative estimate of drug-likeness (QED) is 0.769. The summed E-state index contributed by atoms with van der Waals surface area (Å²) in [5.41, 5.74) is 3.18. The molecule has 2 aromatic carbocycles. The van der Waals surface area contributed by atoms with Crippen LogP contribution in [0.2, 0.25) is 5.02 Å². The summed E-state index contributed by atoms with van der Waals surface area (Å²) in [6.07, 6.45) is 0.907. The zero-order chi connectivity index (χ0) is 13.9. The van der Waals surface area contributed by atoms with Crippen molar-refractivity contribution in [1.29, 1.82) is 0 Å². The molecule has 0 fully saturated rings. The maximum atomic E-state index is 6.13. The van der Waals surface area contributed by atoms with Crippen molar-refractivity contribution >= 4 is 23.2 Å². The third kappa shape index (κ3) is 2.87. The zero-order valence-electron chi connectivity index (χ0n) is 10.9. The minimum Gasteiger partial charge on any atom is -0.493 e. The monoisotopic (exact) mass is 308 g/mol. The molecule has 0 unspecified atom stereocenters. The second-order valence-corrected chi connectivity index (χ2v) is 5.43. The summed E-state index contributed by atoms with van der Waals surface area (Å²) >= 11 is 11.9. The molecule has 0 saturated heterocycles. The van der Waals surface area contributed by atoms with E-state index >= 15 is 0 Å². The van der Waals surface area contributed by atoms with Gasteiger partial charge in [0, 0.05) is 22.9 Å². The molecule has 4 heteroatoms. The molecule has 0 saturated carbocycles. The van der Waals surface area contributed by atoms with Crippen molar-refractivity contribution in [3.63, 3.8) is 0 Å². The van der Waals surface area contributed by atoms with Gasteiger partial charge in [0.05, 0.1) is 6.61 Å². The normalized spacial score (nSPS) is 12.9. The second kappa shape index (κ2) is 5.94. The van der Waals surface area contributed by atoms with Gasteiger partial charge in [0.15, 0.2) is 0 Å². The SMILES string of the molecule is ClCc1cccc(OCc2cc(Cl)cc3c2OCC3)c1. The standard InChI is InChI=1S/C16H14Cl2O2/c17-9-11-2-1-3-15(6-11)20-10-13-8-14(18)7-12-4-5-19-16(12)13/h1-3,6-8H,4-5,9-10H2. The molecule has 1 aliphatic heterocycles. The Morgan fingerprint density at radius 1 is 1.20 bits per heavy atom. The molecule has 20 heavy (non-hydrogen) atoms. The van der Waals surface area contributed by atoms with Crippen LogP contribution in [0.25, 0.3) is 0 Å². The van der Waals surface area contributed by atoms with Gasteiger partial charge in [-0.25, -0.2) is 0 Å². The predicted molar refractivity (Wildman–Crippen MR) is 81.0 cm³/mol. The Hall–Kier alpha value is -1.38. The van der Waals surface area contributed by atoms with Crippen molar-refractivity contribution < 1.29 is 9.47 Å². The van der Waals surface area contributed by atoms with E-state index in [9.17, 15) is 0 Å². The average molecular weight is 309 g/mol. The minimum absolute atomic E-state index is 0.439. The summed E-state index contributed by atoms with van der Waals surface area (Å²) in [7, 11) is 0. The molecule has 104 valence electrons. The molecule has 0 spiro atoms. The van der Waals surface area contributed by atoms with Crippen LogP contribution in [0, 0.1) is 0 Å². The molecule has 1 aliphatic rings. The number of fused-ring (bicyclic) bond motifs is 1. The molecule has 0 N–H and O–H groups in total. The number of ether oxygens (including phenoxy) is 2. The first kappa shape index (κ1) is 13.6. The van der Waals surface area contributed by atoms with Gasteiger partial charge >= 0.3 is 0 Å². The van der Waals surface area contributed by atoms with Gasteiger partial charge in [-0.15, -0.1) is 11.6 Å². The van der Waals surface area contributed by atoms with Gasteiger partial charge in [-0.05, 0) is 35.4 Å². The number of benzene rings is 2. The zero-order valence-corrected chi connectivity index (χ0v) is 12.4. The fraction of sp³-hybridized carbons (Fsp3) is 0.250. The molecule has 2 aromatic rings. The van der Waals surface area contributed by atoms with Crippen LogP contribution in [0.5, 0.6) is 11.5 Å². The molecule has 1 heterocycles. The molecule has 0 radical (unpaired) electrons. The molecule has 0 aromatic heterocycles. The molecule has 2 nitrogen and oxygen atoms in total. The largest absolute Gasteiger partial charge is 0.493 e. The van der Waals surface area contributed by atoms with Crippen LogP contribution in [0.1, 0.15) is 16.7 Å². The van der Waals surface area contributed by atoms with Crippen molar-refractivity contribution in [3.8, 4) is 11.5 Å². The highest BCUT2D eigenvalue weighted by Crippen LogP contribution is 2.33. The van der Waals surface area contributed by atoms with Gasteiger partial charge in [0.2, 0.25) is 0 Å². The van der Waals surface area contributed by atoms with E-state index < -0.39 is 0 Å². The lowest BCUT2D eigenvalue weighted by atomic mass is 10.1. The van der Waals surface area contributed by atoms with Crippen LogP contribution in [0.3, 0.4) is 0 Å². The molecule has 3 rings (SSSR count). The Bertz CT molecular complexity index is 626. The third-order valence-corrected chi connectivity index (χ3v) is 3.80. The van der Waals surface area contributed by atoms with Crippen LogP contribution >= 0.6 is 23.2 Å². The lowest BCUT2D eigenvalue weighted by molar-refractivity contribution is 0.292. The predicted octanol–water partition coefficient (Wildman–Crippen LogP) is 4.59. The molecule has 0 bridgehead atoms. The summed E-state index contributed by atoms with van der Waals surface area (Å²) in [5.74, 6) is 2.20. The topological polar surface area (TPSA) is 18.5 Å². The lowest BCUT2D eigenvalue weighted by Gasteiger charge is -2.11. The minimum atomic E-state index is 0.439. The van der Waals surface area contributed by atoms with Crippen molar-refractivity contribution in [2.45, 2.75) is 18.9 Å².